The quantitative estimate of drug-likeness (QED) is 0.841. The molecule has 140 valence electrons. The van der Waals surface area contributed by atoms with E-state index in [0.717, 1.165) is 64.2 Å². The highest BCUT2D eigenvalue weighted by molar-refractivity contribution is 5.79. The molecule has 1 aromatic carbocycles. The lowest BCUT2D eigenvalue weighted by atomic mass is 10.00. The molecule has 6 nitrogen and oxygen atoms in total. The maximum Gasteiger partial charge on any atom is 0.235 e. The fourth-order valence-electron chi connectivity index (χ4n) is 3.85. The van der Waals surface area contributed by atoms with Crippen LogP contribution in [0.2, 0.25) is 0 Å². The molecule has 0 aromatic heterocycles. The molecule has 26 heavy (non-hydrogen) atoms. The van der Waals surface area contributed by atoms with Crippen molar-refractivity contribution in [1.29, 1.82) is 5.26 Å². The van der Waals surface area contributed by atoms with Gasteiger partial charge in [-0.05, 0) is 43.4 Å². The topological polar surface area (TPSA) is 68.6 Å². The minimum absolute atomic E-state index is 0.0166. The standard InChI is InChI=1S/C20H28N4O2/c1-26-18-6-4-17(5-7-18)14-23-10-12-24(13-11-23)15-19(25)22-20(16-21)8-2-3-9-20/h4-7H,2-3,8-15H2,1H3,(H,22,25). The first-order valence-corrected chi connectivity index (χ1v) is 9.42. The predicted molar refractivity (Wildman–Crippen MR) is 99.7 cm³/mol. The first-order valence-electron chi connectivity index (χ1n) is 9.42. The van der Waals surface area contributed by atoms with Crippen LogP contribution in [0.4, 0.5) is 0 Å². The van der Waals surface area contributed by atoms with Crippen molar-refractivity contribution in [3.8, 4) is 11.8 Å². The Bertz CT molecular complexity index is 639. The van der Waals surface area contributed by atoms with Crippen molar-refractivity contribution in [2.24, 2.45) is 0 Å². The normalized spacial score (nSPS) is 20.5. The van der Waals surface area contributed by atoms with Crippen LogP contribution in [0.1, 0.15) is 31.2 Å². The molecule has 6 heteroatoms. The summed E-state index contributed by atoms with van der Waals surface area (Å²) in [7, 11) is 1.68. The van der Waals surface area contributed by atoms with Crippen LogP contribution in [0.25, 0.3) is 0 Å². The van der Waals surface area contributed by atoms with Crippen molar-refractivity contribution in [2.45, 2.75) is 37.8 Å². The van der Waals surface area contributed by atoms with Crippen LogP contribution in [-0.2, 0) is 11.3 Å². The van der Waals surface area contributed by atoms with E-state index in [2.05, 4.69) is 33.3 Å². The molecule has 0 atom stereocenters. The van der Waals surface area contributed by atoms with E-state index in [1.165, 1.54) is 5.56 Å². The molecule has 3 rings (SSSR count). The summed E-state index contributed by atoms with van der Waals surface area (Å²) < 4.78 is 5.19. The third-order valence-corrected chi connectivity index (χ3v) is 5.45. The van der Waals surface area contributed by atoms with Crippen molar-refractivity contribution in [2.75, 3.05) is 39.8 Å². The molecule has 1 N–H and O–H groups in total. The highest BCUT2D eigenvalue weighted by atomic mass is 16.5. The molecular formula is C20H28N4O2. The van der Waals surface area contributed by atoms with Crippen LogP contribution in [-0.4, -0.2) is 61.1 Å². The van der Waals surface area contributed by atoms with Gasteiger partial charge in [0.05, 0.1) is 19.7 Å². The molecule has 1 saturated heterocycles. The van der Waals surface area contributed by atoms with Crippen molar-refractivity contribution < 1.29 is 9.53 Å². The fraction of sp³-hybridized carbons (Fsp3) is 0.600. The summed E-state index contributed by atoms with van der Waals surface area (Å²) in [5, 5.41) is 12.4. The van der Waals surface area contributed by atoms with Gasteiger partial charge in [0, 0.05) is 32.7 Å². The summed E-state index contributed by atoms with van der Waals surface area (Å²) in [6, 6.07) is 10.5. The number of nitrogens with zero attached hydrogens (tertiary/aromatic N) is 3. The minimum atomic E-state index is -0.618. The highest BCUT2D eigenvalue weighted by Gasteiger charge is 2.35. The SMILES string of the molecule is COc1ccc(CN2CCN(CC(=O)NC3(C#N)CCCC3)CC2)cc1. The van der Waals surface area contributed by atoms with Gasteiger partial charge >= 0.3 is 0 Å². The number of nitrogens with one attached hydrogen (secondary N) is 1. The van der Waals surface area contributed by atoms with E-state index < -0.39 is 5.54 Å². The summed E-state index contributed by atoms with van der Waals surface area (Å²) in [5.41, 5.74) is 0.655. The van der Waals surface area contributed by atoms with Gasteiger partial charge in [-0.25, -0.2) is 0 Å². The Morgan fingerprint density at radius 3 is 2.35 bits per heavy atom. The van der Waals surface area contributed by atoms with Crippen LogP contribution in [0, 0.1) is 11.3 Å². The molecule has 1 amide bonds. The summed E-state index contributed by atoms with van der Waals surface area (Å²) in [4.78, 5) is 16.9. The Morgan fingerprint density at radius 1 is 1.15 bits per heavy atom. The largest absolute Gasteiger partial charge is 0.497 e. The third kappa shape index (κ3) is 4.75. The van der Waals surface area contributed by atoms with Crippen LogP contribution >= 0.6 is 0 Å². The van der Waals surface area contributed by atoms with Gasteiger partial charge in [-0.2, -0.15) is 5.26 Å². The number of rotatable bonds is 6. The predicted octanol–water partition coefficient (Wildman–Crippen LogP) is 1.77. The first-order chi connectivity index (χ1) is 12.6. The summed E-state index contributed by atoms with van der Waals surface area (Å²) in [6.07, 6.45) is 3.62. The Labute approximate surface area is 155 Å². The maximum atomic E-state index is 12.3. The Morgan fingerprint density at radius 2 is 1.77 bits per heavy atom. The molecule has 0 radical (unpaired) electrons. The van der Waals surface area contributed by atoms with Crippen LogP contribution in [0.5, 0.6) is 5.75 Å². The van der Waals surface area contributed by atoms with Crippen LogP contribution in [0.3, 0.4) is 0 Å². The molecule has 0 bridgehead atoms. The zero-order valence-corrected chi connectivity index (χ0v) is 15.5. The second-order valence-corrected chi connectivity index (χ2v) is 7.35. The molecule has 0 unspecified atom stereocenters. The molecule has 1 saturated carbocycles. The number of nitriles is 1. The molecule has 1 heterocycles. The van der Waals surface area contributed by atoms with Gasteiger partial charge in [0.2, 0.25) is 5.91 Å². The van der Waals surface area contributed by atoms with Gasteiger partial charge in [0.25, 0.3) is 0 Å². The highest BCUT2D eigenvalue weighted by Crippen LogP contribution is 2.28. The molecule has 1 aromatic rings. The number of hydrogen-bond donors (Lipinski definition) is 1. The zero-order chi connectivity index (χ0) is 18.4. The van der Waals surface area contributed by atoms with E-state index in [9.17, 15) is 10.1 Å². The fourth-order valence-corrected chi connectivity index (χ4v) is 3.85. The number of amides is 1. The monoisotopic (exact) mass is 356 g/mol. The molecule has 0 spiro atoms. The molecule has 2 fully saturated rings. The van der Waals surface area contributed by atoms with Crippen molar-refractivity contribution in [3.05, 3.63) is 29.8 Å². The van der Waals surface area contributed by atoms with E-state index in [4.69, 9.17) is 4.74 Å². The molecule has 1 aliphatic heterocycles. The second-order valence-electron chi connectivity index (χ2n) is 7.35. The van der Waals surface area contributed by atoms with E-state index in [-0.39, 0.29) is 5.91 Å². The molecule has 1 aliphatic carbocycles. The number of hydrogen-bond acceptors (Lipinski definition) is 5. The van der Waals surface area contributed by atoms with Crippen LogP contribution in [0.15, 0.2) is 24.3 Å². The molecular weight excluding hydrogens is 328 g/mol. The Balaban J connectivity index is 1.42. The Hall–Kier alpha value is -2.10. The summed E-state index contributed by atoms with van der Waals surface area (Å²) in [6.45, 7) is 4.96. The first kappa shape index (κ1) is 18.7. The summed E-state index contributed by atoms with van der Waals surface area (Å²) >= 11 is 0. The van der Waals surface area contributed by atoms with Gasteiger partial charge < -0.3 is 10.1 Å². The van der Waals surface area contributed by atoms with Crippen molar-refractivity contribution >= 4 is 5.91 Å². The van der Waals surface area contributed by atoms with Gasteiger partial charge in [0.15, 0.2) is 0 Å². The van der Waals surface area contributed by atoms with Gasteiger partial charge in [-0.3, -0.25) is 14.6 Å². The smallest absolute Gasteiger partial charge is 0.235 e. The lowest BCUT2D eigenvalue weighted by Crippen LogP contribution is -2.52. The maximum absolute atomic E-state index is 12.3. The van der Waals surface area contributed by atoms with E-state index >= 15 is 0 Å². The number of methoxy groups -OCH3 is 1. The van der Waals surface area contributed by atoms with E-state index in [1.807, 2.05) is 12.1 Å². The summed E-state index contributed by atoms with van der Waals surface area (Å²) in [5.74, 6) is 0.860. The molecule has 2 aliphatic rings. The number of carbonyl (C=O) groups excluding carboxylic acids is 1. The van der Waals surface area contributed by atoms with Gasteiger partial charge in [0.1, 0.15) is 11.3 Å². The van der Waals surface area contributed by atoms with Gasteiger partial charge in [-0.1, -0.05) is 12.1 Å². The zero-order valence-electron chi connectivity index (χ0n) is 15.5. The van der Waals surface area contributed by atoms with E-state index in [0.29, 0.717) is 6.54 Å². The number of ether oxygens (including phenoxy) is 1. The lowest BCUT2D eigenvalue weighted by Gasteiger charge is -2.35. The number of benzene rings is 1. The third-order valence-electron chi connectivity index (χ3n) is 5.45. The van der Waals surface area contributed by atoms with Crippen molar-refractivity contribution in [1.82, 2.24) is 15.1 Å². The minimum Gasteiger partial charge on any atom is -0.497 e. The lowest BCUT2D eigenvalue weighted by molar-refractivity contribution is -0.124. The van der Waals surface area contributed by atoms with Crippen LogP contribution < -0.4 is 10.1 Å². The average molecular weight is 356 g/mol. The average Bonchev–Trinajstić information content (AvgIpc) is 3.13. The van der Waals surface area contributed by atoms with E-state index in [1.54, 1.807) is 7.11 Å². The Kier molecular flexibility index (Phi) is 6.12. The van der Waals surface area contributed by atoms with Gasteiger partial charge in [-0.15, -0.1) is 0 Å². The van der Waals surface area contributed by atoms with Crippen molar-refractivity contribution in [3.63, 3.8) is 0 Å². The number of carbonyl (C=O) groups is 1. The number of piperazine rings is 1. The second kappa shape index (κ2) is 8.52.